The lowest BCUT2D eigenvalue weighted by molar-refractivity contribution is 0.299. The molecule has 4 heteroatoms. The van der Waals surface area contributed by atoms with Gasteiger partial charge in [-0.05, 0) is 37.7 Å². The molecule has 106 valence electrons. The number of nitrogens with one attached hydrogen (secondary N) is 1. The van der Waals surface area contributed by atoms with Crippen molar-refractivity contribution in [2.45, 2.75) is 26.5 Å². The third-order valence-electron chi connectivity index (χ3n) is 3.07. The molecule has 2 rings (SSSR count). The summed E-state index contributed by atoms with van der Waals surface area (Å²) in [6, 6.07) is 10.3. The van der Waals surface area contributed by atoms with Crippen LogP contribution >= 0.6 is 15.9 Å². The average molecular weight is 335 g/mol. The molecule has 20 heavy (non-hydrogen) atoms. The molecule has 0 fully saturated rings. The zero-order valence-corrected chi connectivity index (χ0v) is 13.4. The number of pyridine rings is 1. The largest absolute Gasteiger partial charge is 0.489 e. The SMILES string of the molecule is CCNC(C)c1cc(Br)ccc1OCc1cccnc1. The zero-order valence-electron chi connectivity index (χ0n) is 11.8. The van der Waals surface area contributed by atoms with Crippen molar-refractivity contribution in [2.24, 2.45) is 0 Å². The van der Waals surface area contributed by atoms with E-state index in [0.717, 1.165) is 27.9 Å². The highest BCUT2D eigenvalue weighted by Gasteiger charge is 2.11. The van der Waals surface area contributed by atoms with Crippen LogP contribution in [0.5, 0.6) is 5.75 Å². The van der Waals surface area contributed by atoms with Crippen LogP contribution in [0.25, 0.3) is 0 Å². The smallest absolute Gasteiger partial charge is 0.124 e. The molecule has 0 saturated carbocycles. The fourth-order valence-corrected chi connectivity index (χ4v) is 2.43. The predicted octanol–water partition coefficient (Wildman–Crippen LogP) is 4.09. The predicted molar refractivity (Wildman–Crippen MR) is 84.8 cm³/mol. The van der Waals surface area contributed by atoms with Crippen LogP contribution in [-0.4, -0.2) is 11.5 Å². The quantitative estimate of drug-likeness (QED) is 0.863. The number of benzene rings is 1. The summed E-state index contributed by atoms with van der Waals surface area (Å²) in [4.78, 5) is 4.10. The topological polar surface area (TPSA) is 34.1 Å². The van der Waals surface area contributed by atoms with Gasteiger partial charge in [-0.3, -0.25) is 4.98 Å². The molecule has 1 aromatic carbocycles. The number of nitrogens with zero attached hydrogens (tertiary/aromatic N) is 1. The summed E-state index contributed by atoms with van der Waals surface area (Å²) in [5, 5.41) is 3.41. The number of aromatic nitrogens is 1. The molecule has 0 bridgehead atoms. The van der Waals surface area contributed by atoms with Crippen molar-refractivity contribution >= 4 is 15.9 Å². The van der Waals surface area contributed by atoms with Crippen molar-refractivity contribution in [1.82, 2.24) is 10.3 Å². The van der Waals surface area contributed by atoms with E-state index in [0.29, 0.717) is 6.61 Å². The summed E-state index contributed by atoms with van der Waals surface area (Å²) in [6.45, 7) is 5.70. The third kappa shape index (κ3) is 4.05. The van der Waals surface area contributed by atoms with Crippen LogP contribution in [-0.2, 0) is 6.61 Å². The van der Waals surface area contributed by atoms with Gasteiger partial charge in [0.25, 0.3) is 0 Å². The summed E-state index contributed by atoms with van der Waals surface area (Å²) < 4.78 is 7.01. The molecule has 1 atom stereocenters. The maximum atomic E-state index is 5.94. The lowest BCUT2D eigenvalue weighted by atomic mass is 10.1. The maximum absolute atomic E-state index is 5.94. The maximum Gasteiger partial charge on any atom is 0.124 e. The molecule has 0 aliphatic rings. The molecule has 1 unspecified atom stereocenters. The van der Waals surface area contributed by atoms with Gasteiger partial charge in [-0.1, -0.05) is 28.9 Å². The Balaban J connectivity index is 2.14. The Hall–Kier alpha value is -1.39. The zero-order chi connectivity index (χ0) is 14.4. The molecule has 2 aromatic rings. The van der Waals surface area contributed by atoms with Gasteiger partial charge >= 0.3 is 0 Å². The Morgan fingerprint density at radius 2 is 2.20 bits per heavy atom. The summed E-state index contributed by atoms with van der Waals surface area (Å²) >= 11 is 3.52. The van der Waals surface area contributed by atoms with E-state index in [1.54, 1.807) is 6.20 Å². The Morgan fingerprint density at radius 1 is 1.35 bits per heavy atom. The minimum atomic E-state index is 0.251. The third-order valence-corrected chi connectivity index (χ3v) is 3.56. The van der Waals surface area contributed by atoms with Crippen molar-refractivity contribution in [1.29, 1.82) is 0 Å². The summed E-state index contributed by atoms with van der Waals surface area (Å²) in [6.07, 6.45) is 3.59. The second-order valence-corrected chi connectivity index (χ2v) is 5.53. The van der Waals surface area contributed by atoms with Crippen molar-refractivity contribution in [3.63, 3.8) is 0 Å². The highest BCUT2D eigenvalue weighted by Crippen LogP contribution is 2.29. The van der Waals surface area contributed by atoms with E-state index in [1.807, 2.05) is 30.5 Å². The number of hydrogen-bond donors (Lipinski definition) is 1. The van der Waals surface area contributed by atoms with Crippen LogP contribution in [0.3, 0.4) is 0 Å². The first kappa shape index (κ1) is 15.0. The highest BCUT2D eigenvalue weighted by atomic mass is 79.9. The van der Waals surface area contributed by atoms with Crippen molar-refractivity contribution < 1.29 is 4.74 Å². The Morgan fingerprint density at radius 3 is 2.90 bits per heavy atom. The van der Waals surface area contributed by atoms with Crippen LogP contribution in [0.1, 0.15) is 31.0 Å². The van der Waals surface area contributed by atoms with E-state index in [2.05, 4.69) is 46.1 Å². The molecule has 0 radical (unpaired) electrons. The van der Waals surface area contributed by atoms with Gasteiger partial charge in [0, 0.05) is 34.0 Å². The van der Waals surface area contributed by atoms with Gasteiger partial charge in [0.2, 0.25) is 0 Å². The molecule has 1 N–H and O–H groups in total. The standard InChI is InChI=1S/C16H19BrN2O/c1-3-19-12(2)15-9-14(17)6-7-16(15)20-11-13-5-4-8-18-10-13/h4-10,12,19H,3,11H2,1-2H3. The van der Waals surface area contributed by atoms with Crippen LogP contribution in [0.15, 0.2) is 47.2 Å². The van der Waals surface area contributed by atoms with Gasteiger partial charge in [0.05, 0.1) is 0 Å². The van der Waals surface area contributed by atoms with Crippen molar-refractivity contribution in [3.8, 4) is 5.75 Å². The molecule has 0 aliphatic heterocycles. The summed E-state index contributed by atoms with van der Waals surface area (Å²) in [7, 11) is 0. The summed E-state index contributed by atoms with van der Waals surface area (Å²) in [5.41, 5.74) is 2.22. The van der Waals surface area contributed by atoms with Crippen LogP contribution in [0, 0.1) is 0 Å². The van der Waals surface area contributed by atoms with Crippen LogP contribution in [0.4, 0.5) is 0 Å². The molecule has 0 spiro atoms. The normalized spacial score (nSPS) is 12.2. The molecule has 1 aromatic heterocycles. The van der Waals surface area contributed by atoms with E-state index in [1.165, 1.54) is 0 Å². The second-order valence-electron chi connectivity index (χ2n) is 4.61. The second kappa shape index (κ2) is 7.41. The number of hydrogen-bond acceptors (Lipinski definition) is 3. The first-order valence-corrected chi connectivity index (χ1v) is 7.54. The Kier molecular flexibility index (Phi) is 5.56. The molecular formula is C16H19BrN2O. The number of rotatable bonds is 6. The van der Waals surface area contributed by atoms with Gasteiger partial charge in [0.1, 0.15) is 12.4 Å². The average Bonchev–Trinajstić information content (AvgIpc) is 2.47. The molecule has 0 aliphatic carbocycles. The molecular weight excluding hydrogens is 316 g/mol. The molecule has 0 saturated heterocycles. The van der Waals surface area contributed by atoms with Gasteiger partial charge in [-0.2, -0.15) is 0 Å². The van der Waals surface area contributed by atoms with E-state index in [-0.39, 0.29) is 6.04 Å². The highest BCUT2D eigenvalue weighted by molar-refractivity contribution is 9.10. The first-order valence-electron chi connectivity index (χ1n) is 6.75. The van der Waals surface area contributed by atoms with Gasteiger partial charge in [0.15, 0.2) is 0 Å². The monoisotopic (exact) mass is 334 g/mol. The molecule has 1 heterocycles. The fourth-order valence-electron chi connectivity index (χ4n) is 2.05. The van der Waals surface area contributed by atoms with Gasteiger partial charge in [-0.15, -0.1) is 0 Å². The number of halogens is 1. The number of ether oxygens (including phenoxy) is 1. The molecule has 0 amide bonds. The Bertz CT molecular complexity index is 545. The van der Waals surface area contributed by atoms with Crippen molar-refractivity contribution in [2.75, 3.05) is 6.54 Å². The summed E-state index contributed by atoms with van der Waals surface area (Å²) in [5.74, 6) is 0.908. The van der Waals surface area contributed by atoms with Crippen LogP contribution in [0.2, 0.25) is 0 Å². The van der Waals surface area contributed by atoms with E-state index in [9.17, 15) is 0 Å². The lowest BCUT2D eigenvalue weighted by Crippen LogP contribution is -2.18. The van der Waals surface area contributed by atoms with Gasteiger partial charge in [-0.25, -0.2) is 0 Å². The minimum Gasteiger partial charge on any atom is -0.489 e. The van der Waals surface area contributed by atoms with E-state index in [4.69, 9.17) is 4.74 Å². The lowest BCUT2D eigenvalue weighted by Gasteiger charge is -2.18. The van der Waals surface area contributed by atoms with Crippen LogP contribution < -0.4 is 10.1 Å². The first-order chi connectivity index (χ1) is 9.70. The molecule has 3 nitrogen and oxygen atoms in total. The van der Waals surface area contributed by atoms with Gasteiger partial charge < -0.3 is 10.1 Å². The van der Waals surface area contributed by atoms with E-state index >= 15 is 0 Å². The minimum absolute atomic E-state index is 0.251. The fraction of sp³-hybridized carbons (Fsp3) is 0.312. The van der Waals surface area contributed by atoms with Crippen molar-refractivity contribution in [3.05, 3.63) is 58.3 Å². The van der Waals surface area contributed by atoms with E-state index < -0.39 is 0 Å². The Labute approximate surface area is 128 Å².